The molecule has 1 aromatic carbocycles. The topological polar surface area (TPSA) is 9.23 Å². The van der Waals surface area contributed by atoms with Crippen LogP contribution in [0.2, 0.25) is 0 Å². The molecule has 14 heavy (non-hydrogen) atoms. The Bertz CT molecular complexity index is 351. The predicted octanol–water partition coefficient (Wildman–Crippen LogP) is 3.29. The molecule has 2 rings (SSSR count). The van der Waals surface area contributed by atoms with Crippen LogP contribution in [-0.2, 0) is 0 Å². The molecule has 0 saturated heterocycles. The van der Waals surface area contributed by atoms with Gasteiger partial charge in [0.2, 0.25) is 0 Å². The van der Waals surface area contributed by atoms with E-state index < -0.39 is 0 Å². The summed E-state index contributed by atoms with van der Waals surface area (Å²) >= 11 is 0. The quantitative estimate of drug-likeness (QED) is 0.703. The number of rotatable bonds is 3. The van der Waals surface area contributed by atoms with E-state index in [9.17, 15) is 0 Å². The number of ether oxygens (including phenoxy) is 1. The van der Waals surface area contributed by atoms with Gasteiger partial charge in [-0.1, -0.05) is 36.4 Å². The molecule has 0 aliphatic heterocycles. The Balaban J connectivity index is 2.21. The first-order valence-corrected chi connectivity index (χ1v) is 4.98. The Morgan fingerprint density at radius 2 is 2.00 bits per heavy atom. The molecule has 1 aliphatic carbocycles. The molecule has 0 amide bonds. The summed E-state index contributed by atoms with van der Waals surface area (Å²) in [6.45, 7) is 2.72. The summed E-state index contributed by atoms with van der Waals surface area (Å²) in [7, 11) is 0. The maximum Gasteiger partial charge on any atom is 0.119 e. The van der Waals surface area contributed by atoms with Gasteiger partial charge in [0.05, 0.1) is 6.61 Å². The van der Waals surface area contributed by atoms with Gasteiger partial charge < -0.3 is 4.74 Å². The van der Waals surface area contributed by atoms with Crippen molar-refractivity contribution in [1.82, 2.24) is 0 Å². The third-order valence-corrected chi connectivity index (χ3v) is 2.30. The normalized spacial score (nSPS) is 14.9. The molecule has 1 nitrogen and oxygen atoms in total. The van der Waals surface area contributed by atoms with E-state index in [1.807, 2.05) is 19.1 Å². The van der Waals surface area contributed by atoms with Crippen molar-refractivity contribution in [3.05, 3.63) is 54.1 Å². The van der Waals surface area contributed by atoms with Gasteiger partial charge in [-0.05, 0) is 24.6 Å². The van der Waals surface area contributed by atoms with Gasteiger partial charge in [-0.25, -0.2) is 0 Å². The molecule has 1 aromatic rings. The van der Waals surface area contributed by atoms with Gasteiger partial charge in [-0.3, -0.25) is 0 Å². The van der Waals surface area contributed by atoms with E-state index in [0.717, 1.165) is 12.4 Å². The molecular formula is C13H14O. The first-order valence-electron chi connectivity index (χ1n) is 4.98. The standard InChI is InChI=1S/C13H14O/c1-2-14-13-9-5-8-12(10-13)11-6-3-4-7-11/h3-11H,2H2,1H3. The summed E-state index contributed by atoms with van der Waals surface area (Å²) in [6, 6.07) is 8.27. The number of hydrogen-bond acceptors (Lipinski definition) is 1. The molecule has 72 valence electrons. The van der Waals surface area contributed by atoms with Crippen LogP contribution in [0.4, 0.5) is 0 Å². The van der Waals surface area contributed by atoms with Gasteiger partial charge in [0.25, 0.3) is 0 Å². The maximum absolute atomic E-state index is 5.46. The molecule has 1 heteroatoms. The summed E-state index contributed by atoms with van der Waals surface area (Å²) in [6.07, 6.45) is 8.53. The fourth-order valence-corrected chi connectivity index (χ4v) is 1.63. The first-order chi connectivity index (χ1) is 6.90. The molecule has 0 saturated carbocycles. The molecule has 0 atom stereocenters. The minimum Gasteiger partial charge on any atom is -0.494 e. The highest BCUT2D eigenvalue weighted by Gasteiger charge is 2.07. The molecule has 0 fully saturated rings. The predicted molar refractivity (Wildman–Crippen MR) is 58.6 cm³/mol. The van der Waals surface area contributed by atoms with Crippen LogP contribution in [0.1, 0.15) is 18.4 Å². The van der Waals surface area contributed by atoms with Crippen molar-refractivity contribution in [2.24, 2.45) is 0 Å². The van der Waals surface area contributed by atoms with Crippen LogP contribution in [0.5, 0.6) is 5.75 Å². The van der Waals surface area contributed by atoms with Crippen LogP contribution in [0.3, 0.4) is 0 Å². The fourth-order valence-electron chi connectivity index (χ4n) is 1.63. The van der Waals surface area contributed by atoms with Crippen LogP contribution in [0.25, 0.3) is 0 Å². The Morgan fingerprint density at radius 3 is 2.71 bits per heavy atom. The van der Waals surface area contributed by atoms with Gasteiger partial charge >= 0.3 is 0 Å². The summed E-state index contributed by atoms with van der Waals surface area (Å²) in [4.78, 5) is 0. The molecule has 0 radical (unpaired) electrons. The fraction of sp³-hybridized carbons (Fsp3) is 0.231. The lowest BCUT2D eigenvalue weighted by Crippen LogP contribution is -1.94. The Morgan fingerprint density at radius 1 is 1.21 bits per heavy atom. The number of hydrogen-bond donors (Lipinski definition) is 0. The minimum atomic E-state index is 0.426. The van der Waals surface area contributed by atoms with E-state index in [1.54, 1.807) is 0 Å². The Labute approximate surface area is 84.7 Å². The van der Waals surface area contributed by atoms with Crippen molar-refractivity contribution >= 4 is 0 Å². The van der Waals surface area contributed by atoms with Crippen molar-refractivity contribution in [2.45, 2.75) is 12.8 Å². The van der Waals surface area contributed by atoms with Crippen molar-refractivity contribution in [1.29, 1.82) is 0 Å². The number of benzene rings is 1. The van der Waals surface area contributed by atoms with Crippen LogP contribution >= 0.6 is 0 Å². The van der Waals surface area contributed by atoms with E-state index in [4.69, 9.17) is 4.74 Å². The average molecular weight is 186 g/mol. The summed E-state index contributed by atoms with van der Waals surface area (Å²) in [5.41, 5.74) is 1.29. The van der Waals surface area contributed by atoms with Crippen molar-refractivity contribution in [2.75, 3.05) is 6.61 Å². The minimum absolute atomic E-state index is 0.426. The van der Waals surface area contributed by atoms with Crippen LogP contribution in [0.15, 0.2) is 48.6 Å². The summed E-state index contributed by atoms with van der Waals surface area (Å²) in [5.74, 6) is 1.38. The van der Waals surface area contributed by atoms with E-state index in [1.165, 1.54) is 5.56 Å². The van der Waals surface area contributed by atoms with Gasteiger partial charge in [0.15, 0.2) is 0 Å². The smallest absolute Gasteiger partial charge is 0.119 e. The molecule has 0 heterocycles. The molecule has 1 aliphatic rings. The van der Waals surface area contributed by atoms with Crippen LogP contribution in [-0.4, -0.2) is 6.61 Å². The van der Waals surface area contributed by atoms with Crippen molar-refractivity contribution in [3.63, 3.8) is 0 Å². The van der Waals surface area contributed by atoms with Crippen molar-refractivity contribution < 1.29 is 4.74 Å². The zero-order valence-electron chi connectivity index (χ0n) is 8.31. The lowest BCUT2D eigenvalue weighted by Gasteiger charge is -2.08. The van der Waals surface area contributed by atoms with E-state index in [0.29, 0.717) is 5.92 Å². The maximum atomic E-state index is 5.46. The van der Waals surface area contributed by atoms with Gasteiger partial charge in [0.1, 0.15) is 5.75 Å². The molecule has 0 bridgehead atoms. The molecule has 0 N–H and O–H groups in total. The van der Waals surface area contributed by atoms with Gasteiger partial charge in [0, 0.05) is 5.92 Å². The second kappa shape index (κ2) is 4.14. The highest BCUT2D eigenvalue weighted by atomic mass is 16.5. The lowest BCUT2D eigenvalue weighted by molar-refractivity contribution is 0.340. The van der Waals surface area contributed by atoms with Gasteiger partial charge in [-0.15, -0.1) is 0 Å². The van der Waals surface area contributed by atoms with E-state index in [2.05, 4.69) is 36.4 Å². The highest BCUT2D eigenvalue weighted by Crippen LogP contribution is 2.25. The second-order valence-electron chi connectivity index (χ2n) is 3.30. The molecule has 0 aromatic heterocycles. The number of allylic oxidation sites excluding steroid dienone is 4. The third-order valence-electron chi connectivity index (χ3n) is 2.30. The monoisotopic (exact) mass is 186 g/mol. The molecule has 0 spiro atoms. The second-order valence-corrected chi connectivity index (χ2v) is 3.30. The summed E-state index contributed by atoms with van der Waals surface area (Å²) < 4.78 is 5.46. The SMILES string of the molecule is CCOc1cccc(C2C=CC=C2)c1. The molecule has 0 unspecified atom stereocenters. The van der Waals surface area contributed by atoms with E-state index in [-0.39, 0.29) is 0 Å². The largest absolute Gasteiger partial charge is 0.494 e. The Hall–Kier alpha value is -1.50. The zero-order chi connectivity index (χ0) is 9.80. The Kier molecular flexibility index (Phi) is 2.68. The lowest BCUT2D eigenvalue weighted by atomic mass is 10.0. The highest BCUT2D eigenvalue weighted by molar-refractivity contribution is 5.38. The van der Waals surface area contributed by atoms with Crippen LogP contribution in [0, 0.1) is 0 Å². The van der Waals surface area contributed by atoms with Crippen molar-refractivity contribution in [3.8, 4) is 5.75 Å². The van der Waals surface area contributed by atoms with E-state index >= 15 is 0 Å². The average Bonchev–Trinajstić information content (AvgIpc) is 2.71. The van der Waals surface area contributed by atoms with Crippen LogP contribution < -0.4 is 4.74 Å². The first kappa shape index (κ1) is 9.07. The summed E-state index contributed by atoms with van der Waals surface area (Å²) in [5, 5.41) is 0. The zero-order valence-corrected chi connectivity index (χ0v) is 8.31. The molecular weight excluding hydrogens is 172 g/mol. The van der Waals surface area contributed by atoms with Gasteiger partial charge in [-0.2, -0.15) is 0 Å². The third kappa shape index (κ3) is 1.87.